The molecule has 8 nitrogen and oxygen atoms in total. The molecule has 0 saturated carbocycles. The van der Waals surface area contributed by atoms with Crippen LogP contribution in [0.25, 0.3) is 11.2 Å². The summed E-state index contributed by atoms with van der Waals surface area (Å²) in [5.74, 6) is 0.128. The second kappa shape index (κ2) is 4.16. The first-order valence-electron chi connectivity index (χ1n) is 5.23. The van der Waals surface area contributed by atoms with Crippen molar-refractivity contribution in [2.75, 3.05) is 6.26 Å². The summed E-state index contributed by atoms with van der Waals surface area (Å²) in [5.41, 5.74) is 0.666. The van der Waals surface area contributed by atoms with Crippen molar-refractivity contribution in [3.63, 3.8) is 0 Å². The second-order valence-corrected chi connectivity index (χ2v) is 6.04. The van der Waals surface area contributed by atoms with Gasteiger partial charge in [0.2, 0.25) is 15.7 Å². The predicted octanol–water partition coefficient (Wildman–Crippen LogP) is -0.0510. The van der Waals surface area contributed by atoms with Gasteiger partial charge in [0.25, 0.3) is 5.16 Å². The van der Waals surface area contributed by atoms with E-state index >= 15 is 0 Å². The van der Waals surface area contributed by atoms with Crippen LogP contribution in [0, 0.1) is 0 Å². The summed E-state index contributed by atoms with van der Waals surface area (Å²) < 4.78 is 29.9. The number of fused-ring (bicyclic) bond motifs is 1. The van der Waals surface area contributed by atoms with E-state index in [1.54, 1.807) is 7.05 Å². The van der Waals surface area contributed by atoms with E-state index in [0.717, 1.165) is 6.26 Å². The largest absolute Gasteiger partial charge is 0.473 e. The van der Waals surface area contributed by atoms with Gasteiger partial charge in [-0.25, -0.2) is 13.1 Å². The molecule has 0 bridgehead atoms. The average Bonchev–Trinajstić information content (AvgIpc) is 2.59. The van der Waals surface area contributed by atoms with Gasteiger partial charge in [-0.05, 0) is 13.8 Å². The van der Waals surface area contributed by atoms with E-state index in [1.807, 2.05) is 13.8 Å². The van der Waals surface area contributed by atoms with Gasteiger partial charge in [-0.1, -0.05) is 5.21 Å². The third kappa shape index (κ3) is 2.26. The molecular formula is C9H13N5O3S. The Morgan fingerprint density at radius 2 is 1.94 bits per heavy atom. The molecule has 0 N–H and O–H groups in total. The Labute approximate surface area is 104 Å². The summed E-state index contributed by atoms with van der Waals surface area (Å²) in [7, 11) is -1.90. The monoisotopic (exact) mass is 271 g/mol. The maximum atomic E-state index is 11.5. The van der Waals surface area contributed by atoms with E-state index in [-0.39, 0.29) is 17.1 Å². The molecule has 0 amide bonds. The molecular weight excluding hydrogens is 258 g/mol. The molecule has 0 atom stereocenters. The molecule has 0 aliphatic carbocycles. The van der Waals surface area contributed by atoms with Crippen LogP contribution >= 0.6 is 0 Å². The molecule has 18 heavy (non-hydrogen) atoms. The quantitative estimate of drug-likeness (QED) is 0.721. The molecule has 0 aliphatic rings. The molecule has 0 aliphatic heterocycles. The summed E-state index contributed by atoms with van der Waals surface area (Å²) in [6, 6.07) is 0. The van der Waals surface area contributed by atoms with E-state index < -0.39 is 9.84 Å². The number of ether oxygens (including phenoxy) is 1. The van der Waals surface area contributed by atoms with Crippen LogP contribution in [-0.2, 0) is 16.9 Å². The van der Waals surface area contributed by atoms with Crippen LogP contribution in [0.5, 0.6) is 5.88 Å². The standard InChI is InChI=1S/C9H13N5O3S/c1-5(2)17-8-6-7(14(3)13-12-6)10-9(11-8)18(4,15)16/h5H,1-4H3. The van der Waals surface area contributed by atoms with Crippen LogP contribution in [0.15, 0.2) is 5.16 Å². The molecule has 0 unspecified atom stereocenters. The Bertz CT molecular complexity index is 692. The molecule has 0 radical (unpaired) electrons. The first-order chi connectivity index (χ1) is 8.29. The molecule has 0 fully saturated rings. The van der Waals surface area contributed by atoms with Crippen molar-refractivity contribution < 1.29 is 13.2 Å². The highest BCUT2D eigenvalue weighted by atomic mass is 32.2. The van der Waals surface area contributed by atoms with Gasteiger partial charge < -0.3 is 4.74 Å². The molecule has 0 saturated heterocycles. The first kappa shape index (κ1) is 12.7. The third-order valence-electron chi connectivity index (χ3n) is 2.08. The average molecular weight is 271 g/mol. The van der Waals surface area contributed by atoms with Gasteiger partial charge in [-0.2, -0.15) is 9.97 Å². The number of aryl methyl sites for hydroxylation is 1. The van der Waals surface area contributed by atoms with E-state index in [1.165, 1.54) is 4.68 Å². The fourth-order valence-electron chi connectivity index (χ4n) is 1.34. The maximum absolute atomic E-state index is 11.5. The Kier molecular flexibility index (Phi) is 2.93. The van der Waals surface area contributed by atoms with E-state index in [9.17, 15) is 8.42 Å². The normalized spacial score (nSPS) is 12.3. The van der Waals surface area contributed by atoms with Gasteiger partial charge in [0, 0.05) is 13.3 Å². The Hall–Kier alpha value is -1.77. The van der Waals surface area contributed by atoms with Crippen LogP contribution in [0.4, 0.5) is 0 Å². The number of rotatable bonds is 3. The Morgan fingerprint density at radius 3 is 2.50 bits per heavy atom. The van der Waals surface area contributed by atoms with Crippen molar-refractivity contribution in [1.82, 2.24) is 25.0 Å². The van der Waals surface area contributed by atoms with Crippen LogP contribution in [0.2, 0.25) is 0 Å². The van der Waals surface area contributed by atoms with Gasteiger partial charge >= 0.3 is 0 Å². The van der Waals surface area contributed by atoms with E-state index in [0.29, 0.717) is 11.2 Å². The number of hydrogen-bond donors (Lipinski definition) is 0. The lowest BCUT2D eigenvalue weighted by atomic mass is 10.4. The lowest BCUT2D eigenvalue weighted by Crippen LogP contribution is -2.11. The van der Waals surface area contributed by atoms with E-state index in [4.69, 9.17) is 4.74 Å². The van der Waals surface area contributed by atoms with Crippen molar-refractivity contribution in [3.05, 3.63) is 0 Å². The fourth-order valence-corrected chi connectivity index (χ4v) is 1.84. The minimum absolute atomic E-state index is 0.128. The summed E-state index contributed by atoms with van der Waals surface area (Å²) in [5, 5.41) is 7.34. The number of sulfone groups is 1. The summed E-state index contributed by atoms with van der Waals surface area (Å²) in [6.07, 6.45) is 0.884. The minimum Gasteiger partial charge on any atom is -0.473 e. The first-order valence-corrected chi connectivity index (χ1v) is 7.12. The lowest BCUT2D eigenvalue weighted by molar-refractivity contribution is 0.233. The molecule has 2 heterocycles. The van der Waals surface area contributed by atoms with Crippen molar-refractivity contribution in [2.24, 2.45) is 7.05 Å². The van der Waals surface area contributed by atoms with Crippen LogP contribution in [0.3, 0.4) is 0 Å². The molecule has 0 spiro atoms. The summed E-state index contributed by atoms with van der Waals surface area (Å²) >= 11 is 0. The topological polar surface area (TPSA) is 99.9 Å². The predicted molar refractivity (Wildman–Crippen MR) is 63.0 cm³/mol. The van der Waals surface area contributed by atoms with Crippen molar-refractivity contribution >= 4 is 21.0 Å². The van der Waals surface area contributed by atoms with E-state index in [2.05, 4.69) is 20.3 Å². The number of aromatic nitrogens is 5. The maximum Gasteiger partial charge on any atom is 0.252 e. The molecule has 2 rings (SSSR count). The smallest absolute Gasteiger partial charge is 0.252 e. The van der Waals surface area contributed by atoms with Crippen LogP contribution in [-0.4, -0.2) is 45.7 Å². The second-order valence-electron chi connectivity index (χ2n) is 4.14. The highest BCUT2D eigenvalue weighted by molar-refractivity contribution is 7.90. The van der Waals surface area contributed by atoms with Gasteiger partial charge in [0.1, 0.15) is 0 Å². The molecule has 0 aromatic carbocycles. The third-order valence-corrected chi connectivity index (χ3v) is 2.92. The lowest BCUT2D eigenvalue weighted by Gasteiger charge is -2.09. The zero-order chi connectivity index (χ0) is 13.5. The minimum atomic E-state index is -3.52. The Morgan fingerprint density at radius 1 is 1.28 bits per heavy atom. The molecule has 98 valence electrons. The number of hydrogen-bond acceptors (Lipinski definition) is 7. The molecule has 2 aromatic rings. The highest BCUT2D eigenvalue weighted by Gasteiger charge is 2.20. The zero-order valence-electron chi connectivity index (χ0n) is 10.4. The highest BCUT2D eigenvalue weighted by Crippen LogP contribution is 2.22. The van der Waals surface area contributed by atoms with Gasteiger partial charge in [-0.15, -0.1) is 5.10 Å². The molecule has 9 heteroatoms. The Balaban J connectivity index is 2.74. The van der Waals surface area contributed by atoms with Gasteiger partial charge in [0.15, 0.2) is 11.2 Å². The van der Waals surface area contributed by atoms with Crippen LogP contribution < -0.4 is 4.74 Å². The summed E-state index contributed by atoms with van der Waals surface area (Å²) in [4.78, 5) is 7.82. The van der Waals surface area contributed by atoms with Gasteiger partial charge in [-0.3, -0.25) is 0 Å². The van der Waals surface area contributed by atoms with Crippen molar-refractivity contribution in [2.45, 2.75) is 25.1 Å². The SMILES string of the molecule is CC(C)Oc1nc(S(C)(=O)=O)nc2c1nnn2C. The summed E-state index contributed by atoms with van der Waals surface area (Å²) in [6.45, 7) is 3.62. The van der Waals surface area contributed by atoms with Crippen LogP contribution in [0.1, 0.15) is 13.8 Å². The fraction of sp³-hybridized carbons (Fsp3) is 0.556. The number of nitrogens with zero attached hydrogens (tertiary/aromatic N) is 5. The van der Waals surface area contributed by atoms with Crippen molar-refractivity contribution in [1.29, 1.82) is 0 Å². The zero-order valence-corrected chi connectivity index (χ0v) is 11.3. The van der Waals surface area contributed by atoms with Gasteiger partial charge in [0.05, 0.1) is 6.10 Å². The molecule has 2 aromatic heterocycles. The van der Waals surface area contributed by atoms with Crippen molar-refractivity contribution in [3.8, 4) is 5.88 Å².